The second-order valence-electron chi connectivity index (χ2n) is 30.2. The third kappa shape index (κ3) is 15.7. The smallest absolute Gasteiger partial charge is 0.452 e. The van der Waals surface area contributed by atoms with Crippen molar-refractivity contribution in [1.29, 1.82) is 0 Å². The van der Waals surface area contributed by atoms with Gasteiger partial charge in [-0.3, -0.25) is 0 Å². The van der Waals surface area contributed by atoms with Crippen molar-refractivity contribution in [3.05, 3.63) is 381 Å². The summed E-state index contributed by atoms with van der Waals surface area (Å²) < 4.78 is 26.4. The third-order valence-corrected chi connectivity index (χ3v) is 22.1. The van der Waals surface area contributed by atoms with Crippen LogP contribution in [-0.2, 0) is 9.31 Å². The molecule has 0 amide bonds. The maximum absolute atomic E-state index is 6.42. The van der Waals surface area contributed by atoms with Crippen molar-refractivity contribution in [1.82, 2.24) is 49.8 Å². The van der Waals surface area contributed by atoms with Crippen molar-refractivity contribution in [2.24, 2.45) is 0 Å². The second-order valence-corrected chi connectivity index (χ2v) is 31.1. The van der Waals surface area contributed by atoms with E-state index in [-0.39, 0.29) is 0 Å². The molecule has 1 fully saturated rings. The van der Waals surface area contributed by atoms with Gasteiger partial charge in [0.1, 0.15) is 33.6 Å². The summed E-state index contributed by atoms with van der Waals surface area (Å²) in [7, 11) is -0.418. The molecule has 574 valence electrons. The zero-order valence-corrected chi connectivity index (χ0v) is 67.4. The monoisotopic (exact) mass is 1620 g/mol. The van der Waals surface area contributed by atoms with Crippen LogP contribution in [0, 0.1) is 0 Å². The van der Waals surface area contributed by atoms with Crippen LogP contribution in [0.2, 0.25) is 0 Å². The first-order valence-corrected chi connectivity index (χ1v) is 40.5. The molecule has 0 N–H and O–H groups in total. The van der Waals surface area contributed by atoms with E-state index < -0.39 is 18.3 Å². The zero-order chi connectivity index (χ0) is 81.1. The van der Waals surface area contributed by atoms with Gasteiger partial charge in [-0.2, -0.15) is 0 Å². The van der Waals surface area contributed by atoms with E-state index in [1.165, 1.54) is 0 Å². The normalized spacial score (nSPS) is 12.8. The van der Waals surface area contributed by atoms with Gasteiger partial charge in [0.05, 0.1) is 11.2 Å². The van der Waals surface area contributed by atoms with E-state index in [1.807, 2.05) is 249 Å². The average molecular weight is 1620 g/mol. The summed E-state index contributed by atoms with van der Waals surface area (Å²) in [5.41, 5.74) is 22.2. The van der Waals surface area contributed by atoms with E-state index in [2.05, 4.69) is 176 Å². The molecule has 0 unspecified atom stereocenters. The number of furan rings is 2. The van der Waals surface area contributed by atoms with Gasteiger partial charge >= 0.3 is 7.12 Å². The van der Waals surface area contributed by atoms with Crippen LogP contribution in [0.3, 0.4) is 0 Å². The van der Waals surface area contributed by atoms with Crippen LogP contribution in [0.5, 0.6) is 0 Å². The fraction of sp³-hybridized carbons (Fsp3) is 0.0577. The molecule has 14 aromatic carbocycles. The highest BCUT2D eigenvalue weighted by atomic mass is 79.9. The summed E-state index contributed by atoms with van der Waals surface area (Å²) in [6.07, 6.45) is 0. The van der Waals surface area contributed by atoms with Gasteiger partial charge in [-0.05, 0) is 127 Å². The SMILES string of the molecule is Brc1cccc(-c2nc(-c3ccccc3)nc(-c3ccccc3)n2)c1.CC1(C)OB(c2cccc(-c3cccc(-c4nc(-c5ccccc5)nc5c4oc4ccccc45)c3)c2)OC1(C)C.c1ccc(-c2nc(-c3ccccc3)nc(-c3cccc(-c4cccc(-c5cccc(-c6nc(-c7ccccc7)nc7c6oc6ccccc67)c5)c4)c3)n2)cc1. The Labute approximate surface area is 702 Å². The van der Waals surface area contributed by atoms with Crippen LogP contribution < -0.4 is 5.46 Å². The van der Waals surface area contributed by atoms with Crippen molar-refractivity contribution in [2.75, 3.05) is 0 Å². The number of halogens is 1. The molecule has 0 spiro atoms. The summed E-state index contributed by atoms with van der Waals surface area (Å²) >= 11 is 3.52. The molecule has 120 heavy (non-hydrogen) atoms. The summed E-state index contributed by atoms with van der Waals surface area (Å²) in [6.45, 7) is 8.30. The molecule has 0 bridgehead atoms. The van der Waals surface area contributed by atoms with E-state index in [1.54, 1.807) is 0 Å². The molecule has 0 atom stereocenters. The van der Waals surface area contributed by atoms with E-state index in [0.717, 1.165) is 143 Å². The highest BCUT2D eigenvalue weighted by Crippen LogP contribution is 2.42. The highest BCUT2D eigenvalue weighted by Gasteiger charge is 2.51. The Hall–Kier alpha value is -14.7. The minimum atomic E-state index is -0.418. The summed E-state index contributed by atoms with van der Waals surface area (Å²) in [5.74, 6) is 5.22. The molecule has 21 rings (SSSR count). The number of nitrogens with zero attached hydrogens (tertiary/aromatic N) is 10. The van der Waals surface area contributed by atoms with Crippen molar-refractivity contribution in [3.63, 3.8) is 0 Å². The van der Waals surface area contributed by atoms with Gasteiger partial charge in [0.25, 0.3) is 0 Å². The lowest BCUT2D eigenvalue weighted by atomic mass is 9.78. The van der Waals surface area contributed by atoms with E-state index in [0.29, 0.717) is 57.8 Å². The van der Waals surface area contributed by atoms with Crippen LogP contribution in [0.1, 0.15) is 27.7 Å². The highest BCUT2D eigenvalue weighted by molar-refractivity contribution is 9.10. The van der Waals surface area contributed by atoms with E-state index in [4.69, 9.17) is 63.0 Å². The maximum Gasteiger partial charge on any atom is 0.494 e. The first-order chi connectivity index (χ1) is 58.8. The topological polar surface area (TPSA) is 174 Å². The minimum Gasteiger partial charge on any atom is -0.452 e. The number of rotatable bonds is 14. The van der Waals surface area contributed by atoms with E-state index in [9.17, 15) is 0 Å². The fourth-order valence-electron chi connectivity index (χ4n) is 14.8. The molecule has 16 heteroatoms. The number of benzene rings is 14. The Bertz CT molecular complexity index is 7010. The molecular weight excluding hydrogens is 1540 g/mol. The number of hydrogen-bond donors (Lipinski definition) is 0. The molecule has 0 saturated carbocycles. The Morgan fingerprint density at radius 3 is 0.825 bits per heavy atom. The summed E-state index contributed by atoms with van der Waals surface area (Å²) in [5, 5.41) is 1.94. The zero-order valence-electron chi connectivity index (χ0n) is 65.9. The van der Waals surface area contributed by atoms with Crippen LogP contribution in [0.4, 0.5) is 0 Å². The van der Waals surface area contributed by atoms with Gasteiger partial charge in [-0.15, -0.1) is 0 Å². The molecule has 1 aliphatic heterocycles. The van der Waals surface area contributed by atoms with Crippen molar-refractivity contribution in [3.8, 4) is 147 Å². The standard InChI is InChI=1S/C49H31N5O.C34H29BN2O3.C21H14BrN3/c1-4-15-32(16-5-1)46-50-43(45-44(51-46)41-27-10-11-28-42(41)55-45)39-25-13-23-37(30-39)35-21-12-22-36(29-35)38-24-14-26-40(31-38)49-53-47(33-17-6-2-7-18-33)52-48(54-49)34-19-8-3-9-20-34;1-33(2)34(3,4)40-35(39-33)26-17-11-15-24(21-26)23-14-10-16-25(20-23)29-31-30(27-18-8-9-19-28(27)38-31)37-32(36-29)22-12-6-5-7-13-22;22-18-13-7-12-17(14-18)21-24-19(15-8-3-1-4-9-15)23-20(25-21)16-10-5-2-6-11-16/h1-31H;5-21H,1-4H3;1-14H. The third-order valence-electron chi connectivity index (χ3n) is 21.7. The molecular formula is C104H74BBrN10O4. The predicted octanol–water partition coefficient (Wildman–Crippen LogP) is 25.5. The van der Waals surface area contributed by atoms with E-state index >= 15 is 0 Å². The van der Waals surface area contributed by atoms with Crippen LogP contribution >= 0.6 is 15.9 Å². The quantitative estimate of drug-likeness (QED) is 0.0941. The van der Waals surface area contributed by atoms with Gasteiger partial charge < -0.3 is 18.1 Å². The van der Waals surface area contributed by atoms with Gasteiger partial charge in [0.15, 0.2) is 57.8 Å². The van der Waals surface area contributed by atoms with Crippen LogP contribution in [-0.4, -0.2) is 68.2 Å². The molecule has 14 nitrogen and oxygen atoms in total. The van der Waals surface area contributed by atoms with Crippen molar-refractivity contribution in [2.45, 2.75) is 38.9 Å². The second kappa shape index (κ2) is 32.8. The summed E-state index contributed by atoms with van der Waals surface area (Å²) in [6, 6.07) is 126. The Balaban J connectivity index is 0.000000128. The number of fused-ring (bicyclic) bond motifs is 6. The first-order valence-electron chi connectivity index (χ1n) is 39.7. The molecule has 0 radical (unpaired) electrons. The number of para-hydroxylation sites is 2. The first kappa shape index (κ1) is 75.4. The fourth-order valence-corrected chi connectivity index (χ4v) is 15.2. The Morgan fingerprint density at radius 2 is 0.475 bits per heavy atom. The van der Waals surface area contributed by atoms with Crippen molar-refractivity contribution < 1.29 is 18.1 Å². The molecule has 1 aliphatic rings. The van der Waals surface area contributed by atoms with Crippen molar-refractivity contribution >= 4 is 72.6 Å². The predicted molar refractivity (Wildman–Crippen MR) is 486 cm³/mol. The van der Waals surface area contributed by atoms with Gasteiger partial charge in [-0.25, -0.2) is 49.8 Å². The molecule has 7 heterocycles. The minimum absolute atomic E-state index is 0.394. The maximum atomic E-state index is 6.42. The van der Waals surface area contributed by atoms with Crippen LogP contribution in [0.15, 0.2) is 389 Å². The molecule has 0 aliphatic carbocycles. The molecule has 1 saturated heterocycles. The van der Waals surface area contributed by atoms with Gasteiger partial charge in [-0.1, -0.05) is 331 Å². The number of hydrogen-bond acceptors (Lipinski definition) is 14. The number of aromatic nitrogens is 10. The summed E-state index contributed by atoms with van der Waals surface area (Å²) in [4.78, 5) is 49.0. The Morgan fingerprint density at radius 1 is 0.225 bits per heavy atom. The largest absolute Gasteiger partial charge is 0.494 e. The molecule has 6 aromatic heterocycles. The van der Waals surface area contributed by atoms with Gasteiger partial charge in [0.2, 0.25) is 0 Å². The average Bonchev–Trinajstić information content (AvgIpc) is 1.60. The molecule has 20 aromatic rings. The lowest BCUT2D eigenvalue weighted by Gasteiger charge is -2.32. The van der Waals surface area contributed by atoms with Crippen LogP contribution in [0.25, 0.3) is 191 Å². The lowest BCUT2D eigenvalue weighted by molar-refractivity contribution is 0.00578. The van der Waals surface area contributed by atoms with Gasteiger partial charge in [0, 0.05) is 70.9 Å². The lowest BCUT2D eigenvalue weighted by Crippen LogP contribution is -2.41. The Kier molecular flexibility index (Phi) is 20.6.